The summed E-state index contributed by atoms with van der Waals surface area (Å²) < 4.78 is 18.0. The predicted molar refractivity (Wildman–Crippen MR) is 101 cm³/mol. The van der Waals surface area contributed by atoms with Crippen molar-refractivity contribution in [2.75, 3.05) is 13.2 Å². The van der Waals surface area contributed by atoms with Crippen LogP contribution >= 0.6 is 0 Å². The summed E-state index contributed by atoms with van der Waals surface area (Å²) in [6, 6.07) is 14.9. The van der Waals surface area contributed by atoms with Crippen LogP contribution in [0.25, 0.3) is 0 Å². The van der Waals surface area contributed by atoms with Gasteiger partial charge in [0.15, 0.2) is 17.2 Å². The molecule has 138 valence electrons. The number of nitrogens with zero attached hydrogens (tertiary/aromatic N) is 2. The predicted octanol–water partition coefficient (Wildman–Crippen LogP) is 4.27. The highest BCUT2D eigenvalue weighted by Crippen LogP contribution is 2.52. The zero-order valence-electron chi connectivity index (χ0n) is 15.2. The van der Waals surface area contributed by atoms with Gasteiger partial charge in [-0.1, -0.05) is 18.2 Å². The molecule has 2 aromatic rings. The third-order valence-electron chi connectivity index (χ3n) is 6.17. The summed E-state index contributed by atoms with van der Waals surface area (Å²) in [5.74, 6) is 2.67. The monoisotopic (exact) mass is 362 g/mol. The Kier molecular flexibility index (Phi) is 3.22. The average molecular weight is 362 g/mol. The zero-order chi connectivity index (χ0) is 17.8. The van der Waals surface area contributed by atoms with E-state index in [1.807, 2.05) is 6.07 Å². The van der Waals surface area contributed by atoms with Crippen LogP contribution in [-0.2, 0) is 0 Å². The molecule has 6 rings (SSSR count). The average Bonchev–Trinajstić information content (AvgIpc) is 3.36. The minimum atomic E-state index is -0.283. The van der Waals surface area contributed by atoms with Crippen molar-refractivity contribution in [3.8, 4) is 17.2 Å². The highest BCUT2D eigenvalue weighted by Gasteiger charge is 2.51. The SMILES string of the molecule is c1ccc2c(c1)OC1(CCCC1)N1N=C(c3ccc4c(c3)OCCO4)CC21. The first-order valence-corrected chi connectivity index (χ1v) is 9.87. The van der Waals surface area contributed by atoms with Gasteiger partial charge in [-0.2, -0.15) is 5.10 Å². The summed E-state index contributed by atoms with van der Waals surface area (Å²) in [5, 5.41) is 7.35. The van der Waals surface area contributed by atoms with E-state index in [4.69, 9.17) is 19.3 Å². The molecule has 2 aromatic carbocycles. The van der Waals surface area contributed by atoms with Crippen molar-refractivity contribution in [2.24, 2.45) is 5.10 Å². The molecule has 0 amide bonds. The molecule has 4 aliphatic rings. The lowest BCUT2D eigenvalue weighted by molar-refractivity contribution is -0.114. The van der Waals surface area contributed by atoms with Crippen molar-refractivity contribution in [1.29, 1.82) is 0 Å². The summed E-state index contributed by atoms with van der Waals surface area (Å²) in [6.07, 6.45) is 5.35. The minimum absolute atomic E-state index is 0.247. The first kappa shape index (κ1) is 15.4. The molecular weight excluding hydrogens is 340 g/mol. The number of rotatable bonds is 1. The van der Waals surface area contributed by atoms with E-state index in [1.165, 1.54) is 18.4 Å². The molecule has 3 aliphatic heterocycles. The molecule has 5 heteroatoms. The molecule has 1 spiro atoms. The van der Waals surface area contributed by atoms with Gasteiger partial charge < -0.3 is 14.2 Å². The van der Waals surface area contributed by atoms with Gasteiger partial charge in [0.05, 0.1) is 11.8 Å². The summed E-state index contributed by atoms with van der Waals surface area (Å²) in [6.45, 7) is 1.21. The van der Waals surface area contributed by atoms with Gasteiger partial charge in [-0.15, -0.1) is 0 Å². The number of hydrogen-bond acceptors (Lipinski definition) is 5. The summed E-state index contributed by atoms with van der Waals surface area (Å²) in [7, 11) is 0. The third kappa shape index (κ3) is 2.27. The second-order valence-electron chi connectivity index (χ2n) is 7.76. The van der Waals surface area contributed by atoms with E-state index < -0.39 is 0 Å². The van der Waals surface area contributed by atoms with Gasteiger partial charge >= 0.3 is 0 Å². The van der Waals surface area contributed by atoms with Crippen molar-refractivity contribution in [2.45, 2.75) is 43.9 Å². The van der Waals surface area contributed by atoms with E-state index in [0.29, 0.717) is 13.2 Å². The molecule has 0 aromatic heterocycles. The van der Waals surface area contributed by atoms with Crippen molar-refractivity contribution < 1.29 is 14.2 Å². The van der Waals surface area contributed by atoms with E-state index in [0.717, 1.165) is 47.8 Å². The van der Waals surface area contributed by atoms with E-state index in [-0.39, 0.29) is 11.8 Å². The zero-order valence-corrected chi connectivity index (χ0v) is 15.2. The van der Waals surface area contributed by atoms with E-state index in [9.17, 15) is 0 Å². The Hall–Kier alpha value is -2.69. The first-order chi connectivity index (χ1) is 13.3. The maximum absolute atomic E-state index is 6.54. The molecule has 1 aliphatic carbocycles. The fourth-order valence-electron chi connectivity index (χ4n) is 4.88. The first-order valence-electron chi connectivity index (χ1n) is 9.87. The molecule has 1 saturated carbocycles. The fourth-order valence-corrected chi connectivity index (χ4v) is 4.88. The molecule has 1 unspecified atom stereocenters. The van der Waals surface area contributed by atoms with E-state index in [2.05, 4.69) is 41.4 Å². The van der Waals surface area contributed by atoms with Crippen molar-refractivity contribution in [3.05, 3.63) is 53.6 Å². The summed E-state index contributed by atoms with van der Waals surface area (Å²) in [5.41, 5.74) is 3.17. The largest absolute Gasteiger partial charge is 0.486 e. The molecule has 27 heavy (non-hydrogen) atoms. The second kappa shape index (κ2) is 5.65. The van der Waals surface area contributed by atoms with Crippen LogP contribution in [0.3, 0.4) is 0 Å². The van der Waals surface area contributed by atoms with Crippen LogP contribution in [0.4, 0.5) is 0 Å². The lowest BCUT2D eigenvalue weighted by Gasteiger charge is -2.45. The number of fused-ring (bicyclic) bond motifs is 5. The number of hydrogen-bond donors (Lipinski definition) is 0. The van der Waals surface area contributed by atoms with Crippen LogP contribution in [0.15, 0.2) is 47.6 Å². The number of para-hydroxylation sites is 1. The molecule has 1 fully saturated rings. The molecular formula is C22H22N2O3. The minimum Gasteiger partial charge on any atom is -0.486 e. The van der Waals surface area contributed by atoms with Crippen molar-refractivity contribution in [3.63, 3.8) is 0 Å². The second-order valence-corrected chi connectivity index (χ2v) is 7.76. The standard InChI is InChI=1S/C22H22N2O3/c1-2-6-19-16(5-1)18-14-17(23-24(18)22(27-19)9-3-4-10-22)15-7-8-20-21(13-15)26-12-11-25-20/h1-2,5-8,13,18H,3-4,9-12,14H2. The topological polar surface area (TPSA) is 43.3 Å². The van der Waals surface area contributed by atoms with Crippen LogP contribution in [0.2, 0.25) is 0 Å². The lowest BCUT2D eigenvalue weighted by atomic mass is 9.94. The Balaban J connectivity index is 1.42. The van der Waals surface area contributed by atoms with Gasteiger partial charge in [0, 0.05) is 30.4 Å². The Morgan fingerprint density at radius 2 is 1.74 bits per heavy atom. The fraction of sp³-hybridized carbons (Fsp3) is 0.409. The van der Waals surface area contributed by atoms with E-state index >= 15 is 0 Å². The Bertz CT molecular complexity index is 933. The summed E-state index contributed by atoms with van der Waals surface area (Å²) in [4.78, 5) is 0. The van der Waals surface area contributed by atoms with E-state index in [1.54, 1.807) is 0 Å². The molecule has 0 saturated heterocycles. The molecule has 0 bridgehead atoms. The normalized spacial score (nSPS) is 24.2. The van der Waals surface area contributed by atoms with Crippen LogP contribution in [0, 0.1) is 0 Å². The van der Waals surface area contributed by atoms with Gasteiger partial charge in [0.1, 0.15) is 19.0 Å². The lowest BCUT2D eigenvalue weighted by Crippen LogP contribution is -2.51. The van der Waals surface area contributed by atoms with Crippen LogP contribution < -0.4 is 14.2 Å². The quantitative estimate of drug-likeness (QED) is 0.760. The van der Waals surface area contributed by atoms with Crippen molar-refractivity contribution >= 4 is 5.71 Å². The molecule has 1 atom stereocenters. The number of benzene rings is 2. The molecule has 0 radical (unpaired) electrons. The summed E-state index contributed by atoms with van der Waals surface area (Å²) >= 11 is 0. The maximum Gasteiger partial charge on any atom is 0.198 e. The van der Waals surface area contributed by atoms with Gasteiger partial charge in [0.25, 0.3) is 0 Å². The van der Waals surface area contributed by atoms with Gasteiger partial charge in [-0.25, -0.2) is 5.01 Å². The smallest absolute Gasteiger partial charge is 0.198 e. The van der Waals surface area contributed by atoms with Crippen LogP contribution in [0.5, 0.6) is 17.2 Å². The van der Waals surface area contributed by atoms with Crippen LogP contribution in [0.1, 0.15) is 49.3 Å². The molecule has 3 heterocycles. The van der Waals surface area contributed by atoms with Gasteiger partial charge in [-0.3, -0.25) is 0 Å². The number of hydrazone groups is 1. The van der Waals surface area contributed by atoms with Crippen molar-refractivity contribution in [1.82, 2.24) is 5.01 Å². The Morgan fingerprint density at radius 3 is 2.63 bits per heavy atom. The Morgan fingerprint density at radius 1 is 0.926 bits per heavy atom. The van der Waals surface area contributed by atoms with Crippen LogP contribution in [-0.4, -0.2) is 29.7 Å². The highest BCUT2D eigenvalue weighted by atomic mass is 16.6. The maximum atomic E-state index is 6.54. The molecule has 5 nitrogen and oxygen atoms in total. The number of ether oxygens (including phenoxy) is 3. The van der Waals surface area contributed by atoms with Gasteiger partial charge in [-0.05, 0) is 37.1 Å². The van der Waals surface area contributed by atoms with Gasteiger partial charge in [0.2, 0.25) is 0 Å². The molecule has 0 N–H and O–H groups in total. The Labute approximate surface area is 158 Å². The highest BCUT2D eigenvalue weighted by molar-refractivity contribution is 6.02. The third-order valence-corrected chi connectivity index (χ3v) is 6.17.